The van der Waals surface area contributed by atoms with E-state index in [0.717, 1.165) is 60.5 Å². The fourth-order valence-corrected chi connectivity index (χ4v) is 4.34. The van der Waals surface area contributed by atoms with Crippen LogP contribution < -0.4 is 5.32 Å². The summed E-state index contributed by atoms with van der Waals surface area (Å²) in [7, 11) is 0. The second kappa shape index (κ2) is 9.84. The smallest absolute Gasteiger partial charge is 0.244 e. The molecule has 33 heavy (non-hydrogen) atoms. The number of para-hydroxylation sites is 2. The first-order chi connectivity index (χ1) is 16.2. The Kier molecular flexibility index (Phi) is 6.31. The third kappa shape index (κ3) is 5.38. The van der Waals surface area contributed by atoms with Gasteiger partial charge in [0, 0.05) is 37.3 Å². The number of piperidine rings is 1. The van der Waals surface area contributed by atoms with Crippen LogP contribution in [0.4, 0.5) is 0 Å². The van der Waals surface area contributed by atoms with Crippen LogP contribution in [0.3, 0.4) is 0 Å². The SMILES string of the molecule is O=C(/C=C/c1ccc(-c2nc3ccccc3[nH]2)cc1)NC1CCN(Cc2ccccc2)CC1. The third-order valence-electron chi connectivity index (χ3n) is 6.18. The van der Waals surface area contributed by atoms with Crippen molar-refractivity contribution >= 4 is 23.0 Å². The minimum absolute atomic E-state index is 0.0297. The van der Waals surface area contributed by atoms with Gasteiger partial charge in [0.1, 0.15) is 5.82 Å². The van der Waals surface area contributed by atoms with Crippen LogP contribution in [0.25, 0.3) is 28.5 Å². The van der Waals surface area contributed by atoms with E-state index in [4.69, 9.17) is 0 Å². The van der Waals surface area contributed by atoms with Crippen LogP contribution in [0.15, 0.2) is 84.9 Å². The normalized spacial score (nSPS) is 15.3. The minimum Gasteiger partial charge on any atom is -0.350 e. The van der Waals surface area contributed by atoms with E-state index in [2.05, 4.69) is 44.5 Å². The highest BCUT2D eigenvalue weighted by atomic mass is 16.1. The lowest BCUT2D eigenvalue weighted by molar-refractivity contribution is -0.117. The average molecular weight is 437 g/mol. The molecule has 1 aliphatic rings. The molecule has 3 aromatic carbocycles. The number of amides is 1. The van der Waals surface area contributed by atoms with Gasteiger partial charge in [0.15, 0.2) is 0 Å². The molecule has 0 aliphatic carbocycles. The number of H-pyrrole nitrogens is 1. The lowest BCUT2D eigenvalue weighted by Gasteiger charge is -2.32. The number of carbonyl (C=O) groups is 1. The molecule has 1 fully saturated rings. The average Bonchev–Trinajstić information content (AvgIpc) is 3.29. The predicted octanol–water partition coefficient (Wildman–Crippen LogP) is 5.02. The van der Waals surface area contributed by atoms with E-state index in [1.54, 1.807) is 6.08 Å². The highest BCUT2D eigenvalue weighted by Gasteiger charge is 2.20. The van der Waals surface area contributed by atoms with E-state index in [9.17, 15) is 4.79 Å². The van der Waals surface area contributed by atoms with Gasteiger partial charge < -0.3 is 10.3 Å². The standard InChI is InChI=1S/C28H28N4O/c33-27(29-24-16-18-32(19-17-24)20-22-6-2-1-3-7-22)15-12-21-10-13-23(14-11-21)28-30-25-8-4-5-9-26(25)31-28/h1-15,24H,16-20H2,(H,29,33)(H,30,31)/b15-12+. The summed E-state index contributed by atoms with van der Waals surface area (Å²) in [6.45, 7) is 2.99. The Bertz CT molecular complexity index is 1200. The van der Waals surface area contributed by atoms with E-state index in [1.807, 2.05) is 60.7 Å². The number of carbonyl (C=O) groups excluding carboxylic acids is 1. The molecular formula is C28H28N4O. The number of aromatic nitrogens is 2. The Labute approximate surface area is 194 Å². The van der Waals surface area contributed by atoms with Crippen molar-refractivity contribution in [1.82, 2.24) is 20.2 Å². The molecule has 5 nitrogen and oxygen atoms in total. The van der Waals surface area contributed by atoms with E-state index in [-0.39, 0.29) is 11.9 Å². The summed E-state index contributed by atoms with van der Waals surface area (Å²) in [5.41, 5.74) is 5.34. The fourth-order valence-electron chi connectivity index (χ4n) is 4.34. The van der Waals surface area contributed by atoms with E-state index in [0.29, 0.717) is 0 Å². The van der Waals surface area contributed by atoms with Gasteiger partial charge >= 0.3 is 0 Å². The molecule has 0 radical (unpaired) electrons. The molecule has 4 aromatic rings. The van der Waals surface area contributed by atoms with Crippen LogP contribution in [-0.2, 0) is 11.3 Å². The molecule has 1 aliphatic heterocycles. The first-order valence-electron chi connectivity index (χ1n) is 11.5. The fraction of sp³-hybridized carbons (Fsp3) is 0.214. The zero-order chi connectivity index (χ0) is 22.5. The monoisotopic (exact) mass is 436 g/mol. The number of benzene rings is 3. The van der Waals surface area contributed by atoms with Crippen LogP contribution in [0, 0.1) is 0 Å². The summed E-state index contributed by atoms with van der Waals surface area (Å²) in [4.78, 5) is 22.9. The molecular weight excluding hydrogens is 408 g/mol. The van der Waals surface area contributed by atoms with Crippen LogP contribution in [0.5, 0.6) is 0 Å². The van der Waals surface area contributed by atoms with Crippen LogP contribution in [-0.4, -0.2) is 39.9 Å². The molecule has 1 saturated heterocycles. The van der Waals surface area contributed by atoms with E-state index in [1.165, 1.54) is 5.56 Å². The number of hydrogen-bond donors (Lipinski definition) is 2. The second-order valence-corrected chi connectivity index (χ2v) is 8.60. The number of fused-ring (bicyclic) bond motifs is 1. The van der Waals surface area contributed by atoms with Crippen molar-refractivity contribution in [3.05, 3.63) is 96.1 Å². The maximum atomic E-state index is 12.4. The maximum Gasteiger partial charge on any atom is 0.244 e. The van der Waals surface area contributed by atoms with Crippen LogP contribution in [0.1, 0.15) is 24.0 Å². The molecule has 1 amide bonds. The Morgan fingerprint density at radius 3 is 2.45 bits per heavy atom. The van der Waals surface area contributed by atoms with Gasteiger partial charge in [-0.25, -0.2) is 4.98 Å². The highest BCUT2D eigenvalue weighted by Crippen LogP contribution is 2.21. The number of aromatic amines is 1. The van der Waals surface area contributed by atoms with Crippen molar-refractivity contribution in [2.24, 2.45) is 0 Å². The molecule has 0 atom stereocenters. The Morgan fingerprint density at radius 1 is 0.970 bits per heavy atom. The zero-order valence-corrected chi connectivity index (χ0v) is 18.6. The predicted molar refractivity (Wildman–Crippen MR) is 133 cm³/mol. The van der Waals surface area contributed by atoms with Crippen molar-refractivity contribution in [2.75, 3.05) is 13.1 Å². The van der Waals surface area contributed by atoms with Crippen molar-refractivity contribution in [1.29, 1.82) is 0 Å². The molecule has 2 N–H and O–H groups in total. The molecule has 5 rings (SSSR count). The zero-order valence-electron chi connectivity index (χ0n) is 18.6. The number of hydrogen-bond acceptors (Lipinski definition) is 3. The van der Waals surface area contributed by atoms with Crippen molar-refractivity contribution in [3.63, 3.8) is 0 Å². The summed E-state index contributed by atoms with van der Waals surface area (Å²) in [6, 6.07) is 26.9. The number of likely N-dealkylation sites (tertiary alicyclic amines) is 1. The van der Waals surface area contributed by atoms with Crippen molar-refractivity contribution in [2.45, 2.75) is 25.4 Å². The number of nitrogens with zero attached hydrogens (tertiary/aromatic N) is 2. The second-order valence-electron chi connectivity index (χ2n) is 8.60. The van der Waals surface area contributed by atoms with Crippen molar-refractivity contribution < 1.29 is 4.79 Å². The van der Waals surface area contributed by atoms with Gasteiger partial charge in [-0.15, -0.1) is 0 Å². The van der Waals surface area contributed by atoms with Crippen LogP contribution in [0.2, 0.25) is 0 Å². The molecule has 0 spiro atoms. The first-order valence-corrected chi connectivity index (χ1v) is 11.5. The lowest BCUT2D eigenvalue weighted by atomic mass is 10.0. The summed E-state index contributed by atoms with van der Waals surface area (Å²) in [5, 5.41) is 3.16. The Balaban J connectivity index is 1.11. The summed E-state index contributed by atoms with van der Waals surface area (Å²) in [6.07, 6.45) is 5.46. The number of rotatable bonds is 6. The molecule has 5 heteroatoms. The quantitative estimate of drug-likeness (QED) is 0.417. The van der Waals surface area contributed by atoms with Gasteiger partial charge in [0.05, 0.1) is 11.0 Å². The highest BCUT2D eigenvalue weighted by molar-refractivity contribution is 5.92. The van der Waals surface area contributed by atoms with E-state index < -0.39 is 0 Å². The van der Waals surface area contributed by atoms with Gasteiger partial charge in [0.25, 0.3) is 0 Å². The first kappa shape index (κ1) is 21.2. The Hall–Kier alpha value is -3.70. The molecule has 0 bridgehead atoms. The Morgan fingerprint density at radius 2 is 1.70 bits per heavy atom. The lowest BCUT2D eigenvalue weighted by Crippen LogP contribution is -2.43. The van der Waals surface area contributed by atoms with Crippen LogP contribution >= 0.6 is 0 Å². The third-order valence-corrected chi connectivity index (χ3v) is 6.18. The molecule has 0 saturated carbocycles. The summed E-state index contributed by atoms with van der Waals surface area (Å²) < 4.78 is 0. The largest absolute Gasteiger partial charge is 0.350 e. The molecule has 2 heterocycles. The van der Waals surface area contributed by atoms with E-state index >= 15 is 0 Å². The summed E-state index contributed by atoms with van der Waals surface area (Å²) >= 11 is 0. The molecule has 0 unspecified atom stereocenters. The minimum atomic E-state index is -0.0297. The van der Waals surface area contributed by atoms with Gasteiger partial charge in [-0.2, -0.15) is 0 Å². The van der Waals surface area contributed by atoms with Gasteiger partial charge in [-0.05, 0) is 42.2 Å². The number of imidazole rings is 1. The maximum absolute atomic E-state index is 12.4. The van der Waals surface area contributed by atoms with Gasteiger partial charge in [-0.1, -0.05) is 66.7 Å². The molecule has 1 aromatic heterocycles. The van der Waals surface area contributed by atoms with Gasteiger partial charge in [-0.3, -0.25) is 9.69 Å². The topological polar surface area (TPSA) is 61.0 Å². The summed E-state index contributed by atoms with van der Waals surface area (Å²) in [5.74, 6) is 0.820. The van der Waals surface area contributed by atoms with Crippen molar-refractivity contribution in [3.8, 4) is 11.4 Å². The number of nitrogens with one attached hydrogen (secondary N) is 2. The van der Waals surface area contributed by atoms with Gasteiger partial charge in [0.2, 0.25) is 5.91 Å². The molecule has 166 valence electrons.